The van der Waals surface area contributed by atoms with Crippen LogP contribution in [0.1, 0.15) is 11.7 Å². The van der Waals surface area contributed by atoms with Crippen molar-refractivity contribution < 1.29 is 9.29 Å². The molecule has 0 saturated carbocycles. The van der Waals surface area contributed by atoms with E-state index in [4.69, 9.17) is 5.52 Å². The molecule has 2 atom stereocenters. The third-order valence-corrected chi connectivity index (χ3v) is 2.45. The maximum atomic E-state index is 10.1. The molecule has 1 N–H and O–H groups in total. The van der Waals surface area contributed by atoms with Crippen LogP contribution >= 0.6 is 11.9 Å². The van der Waals surface area contributed by atoms with Crippen molar-refractivity contribution >= 4 is 19.0 Å². The molecule has 0 heterocycles. The fourth-order valence-electron chi connectivity index (χ4n) is 1.30. The molecule has 0 bridgehead atoms. The van der Waals surface area contributed by atoms with Gasteiger partial charge in [0.25, 0.3) is 0 Å². The normalized spacial score (nSPS) is 15.1. The van der Waals surface area contributed by atoms with E-state index >= 15 is 0 Å². The van der Waals surface area contributed by atoms with Gasteiger partial charge in [-0.2, -0.15) is 0 Å². The highest BCUT2D eigenvalue weighted by molar-refractivity contribution is 8.15. The van der Waals surface area contributed by atoms with Crippen molar-refractivity contribution in [1.82, 2.24) is 0 Å². The van der Waals surface area contributed by atoms with Gasteiger partial charge in [0.1, 0.15) is 0 Å². The minimum atomic E-state index is -0.620. The highest BCUT2D eigenvalue weighted by Crippen LogP contribution is 2.23. The van der Waals surface area contributed by atoms with Crippen LogP contribution in [0.15, 0.2) is 43.0 Å². The molecule has 0 aliphatic heterocycles. The Hall–Kier alpha value is -0.705. The number of hydrogen-bond acceptors (Lipinski definition) is 3. The smallest absolute Gasteiger partial charge is 0.209 e. The van der Waals surface area contributed by atoms with Gasteiger partial charge in [-0.25, -0.2) is 0 Å². The van der Waals surface area contributed by atoms with E-state index in [0.29, 0.717) is 6.61 Å². The van der Waals surface area contributed by atoms with E-state index in [1.165, 1.54) is 0 Å². The van der Waals surface area contributed by atoms with Crippen molar-refractivity contribution in [1.29, 1.82) is 1.34 Å². The predicted molar refractivity (Wildman–Crippen MR) is 65.8 cm³/mol. The fraction of sp³-hybridized carbons (Fsp3) is 0.273. The van der Waals surface area contributed by atoms with Gasteiger partial charge >= 0.3 is 0 Å². The lowest BCUT2D eigenvalue weighted by Crippen LogP contribution is -2.14. The molecule has 0 saturated heterocycles. The summed E-state index contributed by atoms with van der Waals surface area (Å²) in [4.78, 5) is 0. The molecule has 1 aromatic rings. The van der Waals surface area contributed by atoms with E-state index in [2.05, 4.69) is 6.58 Å². The molecule has 1 radical (unpaired) electrons. The Bertz CT molecular complexity index is 310. The monoisotopic (exact) mass is 223 g/mol. The first-order valence-electron chi connectivity index (χ1n) is 5.21. The Morgan fingerprint density at radius 2 is 2.33 bits per heavy atom. The summed E-state index contributed by atoms with van der Waals surface area (Å²) in [6.45, 7) is 4.01. The van der Waals surface area contributed by atoms with E-state index in [-0.39, 0.29) is 5.92 Å². The van der Waals surface area contributed by atoms with Crippen molar-refractivity contribution in [2.24, 2.45) is 5.92 Å². The van der Waals surface area contributed by atoms with Gasteiger partial charge in [-0.15, -0.1) is 6.58 Å². The molecule has 2 nitrogen and oxygen atoms in total. The maximum absolute atomic E-state index is 10.1. The van der Waals surface area contributed by atoms with Crippen LogP contribution in [-0.2, 0) is 4.18 Å². The summed E-state index contributed by atoms with van der Waals surface area (Å²) in [5.41, 5.74) is 0.843. The lowest BCUT2D eigenvalue weighted by molar-refractivity contribution is 0.106. The van der Waals surface area contributed by atoms with Crippen LogP contribution in [0.4, 0.5) is 0 Å². The molecule has 15 heavy (non-hydrogen) atoms. The Balaban J connectivity index is 2.55. The quantitative estimate of drug-likeness (QED) is 0.332. The molecule has 1 aromatic carbocycles. The van der Waals surface area contributed by atoms with Crippen LogP contribution in [0.3, 0.4) is 0 Å². The van der Waals surface area contributed by atoms with E-state index in [0.717, 1.165) is 24.5 Å². The minimum absolute atomic E-state index is 0.171. The fourth-order valence-corrected chi connectivity index (χ4v) is 1.54. The second kappa shape index (κ2) is 6.72. The molecule has 1 rings (SSSR count). The zero-order chi connectivity index (χ0) is 11.8. The van der Waals surface area contributed by atoms with Crippen LogP contribution in [0, 0.1) is 5.92 Å². The Morgan fingerprint density at radius 1 is 1.60 bits per heavy atom. The number of rotatable bonds is 7. The van der Waals surface area contributed by atoms with Gasteiger partial charge in [-0.1, -0.05) is 48.3 Å². The van der Waals surface area contributed by atoms with Gasteiger partial charge < -0.3 is 9.29 Å². The van der Waals surface area contributed by atoms with E-state index in [1.54, 1.807) is 6.08 Å². The summed E-state index contributed by atoms with van der Waals surface area (Å²) >= 11 is 0.947. The number of hydrogen-bond donors (Lipinski definition) is 1. The lowest BCUT2D eigenvalue weighted by atomic mass is 9.97. The Labute approximate surface area is 97.2 Å². The first-order valence-corrected chi connectivity index (χ1v) is 5.44. The predicted octanol–water partition coefficient (Wildman–Crippen LogP) is 2.00. The highest BCUT2D eigenvalue weighted by atomic mass is 32.2. The second-order valence-electron chi connectivity index (χ2n) is 3.14. The summed E-state index contributed by atoms with van der Waals surface area (Å²) in [5, 5.41) is 10.1. The molecule has 0 unspecified atom stereocenters. The van der Waals surface area contributed by atoms with Gasteiger partial charge in [0.2, 0.25) is 7.09 Å². The Morgan fingerprint density at radius 3 is 2.93 bits per heavy atom. The zero-order valence-corrected chi connectivity index (χ0v) is 9.19. The molecule has 0 aliphatic carbocycles. The third kappa shape index (κ3) is 3.74. The van der Waals surface area contributed by atoms with Crippen LogP contribution in [0.5, 0.6) is 0 Å². The summed E-state index contributed by atoms with van der Waals surface area (Å²) in [6.07, 6.45) is 1.05. The standard InChI is InChI=1S/C11H14BO2S/c1-2-9(8-14-15-12)11(13)10-6-4-3-5-7-10/h2-7,9,11-13H,1,8H2/t9-,11+/m0/s1/i12T. The molecular formula is C11H14BO2S. The highest BCUT2D eigenvalue weighted by Gasteiger charge is 2.17. The van der Waals surface area contributed by atoms with Crippen molar-refractivity contribution in [3.63, 3.8) is 0 Å². The van der Waals surface area contributed by atoms with Gasteiger partial charge in [0.15, 0.2) is 0 Å². The average Bonchev–Trinajstić information content (AvgIpc) is 2.35. The second-order valence-corrected chi connectivity index (χ2v) is 3.56. The third-order valence-electron chi connectivity index (χ3n) is 2.18. The minimum Gasteiger partial charge on any atom is -0.388 e. The molecule has 0 aliphatic rings. The van der Waals surface area contributed by atoms with Crippen molar-refractivity contribution in [2.45, 2.75) is 6.10 Å². The SMILES string of the molecule is [3H][B]SOC[C@H](C=C)[C@@H](O)c1ccccc1. The number of aliphatic hydroxyl groups excluding tert-OH is 1. The van der Waals surface area contributed by atoms with Gasteiger partial charge in [-0.05, 0) is 6.90 Å². The molecule has 0 amide bonds. The molecule has 79 valence electrons. The first-order chi connectivity index (χ1) is 7.79. The zero-order valence-electron chi connectivity index (χ0n) is 9.37. The van der Waals surface area contributed by atoms with Crippen molar-refractivity contribution in [3.05, 3.63) is 48.6 Å². The lowest BCUT2D eigenvalue weighted by Gasteiger charge is -2.19. The van der Waals surface area contributed by atoms with Crippen LogP contribution < -0.4 is 0 Å². The molecule has 4 heteroatoms. The number of aliphatic hydroxyl groups is 1. The van der Waals surface area contributed by atoms with E-state index in [1.807, 2.05) is 30.3 Å². The van der Waals surface area contributed by atoms with Crippen LogP contribution in [-0.4, -0.2) is 20.1 Å². The summed E-state index contributed by atoms with van der Waals surface area (Å²) in [7, 11) is 1.11. The van der Waals surface area contributed by atoms with Crippen molar-refractivity contribution in [3.8, 4) is 0 Å². The average molecular weight is 223 g/mol. The Kier molecular flexibility index (Phi) is 4.84. The first kappa shape index (κ1) is 10.8. The largest absolute Gasteiger partial charge is 0.388 e. The van der Waals surface area contributed by atoms with E-state index in [9.17, 15) is 5.11 Å². The van der Waals surface area contributed by atoms with Gasteiger partial charge in [0, 0.05) is 5.92 Å². The van der Waals surface area contributed by atoms with E-state index < -0.39 is 6.10 Å². The molecule has 0 aromatic heterocycles. The van der Waals surface area contributed by atoms with Crippen LogP contribution in [0.25, 0.3) is 0 Å². The summed E-state index contributed by atoms with van der Waals surface area (Å²) < 4.78 is 11.9. The van der Waals surface area contributed by atoms with Gasteiger partial charge in [-0.3, -0.25) is 0 Å². The summed E-state index contributed by atoms with van der Waals surface area (Å²) in [5.74, 6) is -0.171. The van der Waals surface area contributed by atoms with Crippen molar-refractivity contribution in [2.75, 3.05) is 6.61 Å². The van der Waals surface area contributed by atoms with Gasteiger partial charge in [0.05, 0.1) is 12.7 Å². The summed E-state index contributed by atoms with van der Waals surface area (Å²) in [6, 6.07) is 9.40. The molecule has 0 fully saturated rings. The number of benzene rings is 1. The molecular weight excluding hydrogens is 207 g/mol. The van der Waals surface area contributed by atoms with Crippen LogP contribution in [0.2, 0.25) is 0 Å². The maximum Gasteiger partial charge on any atom is 0.209 e. The molecule has 0 spiro atoms. The topological polar surface area (TPSA) is 29.5 Å².